The Morgan fingerprint density at radius 3 is 0.724 bits per heavy atom. The van der Waals surface area contributed by atoms with Crippen LogP contribution in [0.15, 0.2) is 60.7 Å². The van der Waals surface area contributed by atoms with Gasteiger partial charge in [0, 0.05) is 13.2 Å². The van der Waals surface area contributed by atoms with Crippen LogP contribution in [-0.4, -0.2) is 62.1 Å². The van der Waals surface area contributed by atoms with E-state index in [1.54, 1.807) is 0 Å². The van der Waals surface area contributed by atoms with Crippen LogP contribution in [0.1, 0.15) is 204 Å². The van der Waals surface area contributed by atoms with E-state index in [2.05, 4.69) is 0 Å². The topological polar surface area (TPSA) is 77.4 Å². The van der Waals surface area contributed by atoms with Gasteiger partial charge < -0.3 is 29.2 Å². The van der Waals surface area contributed by atoms with Gasteiger partial charge >= 0.3 is 0 Å². The molecule has 2 rings (SSSR count). The lowest BCUT2D eigenvalue weighted by Crippen LogP contribution is -2.22. The maximum absolute atomic E-state index is 10.0. The molecule has 0 aliphatic rings. The number of rotatable bonds is 45. The number of benzene rings is 2. The lowest BCUT2D eigenvalue weighted by molar-refractivity contribution is -0.0239. The molecule has 0 aromatic heterocycles. The van der Waals surface area contributed by atoms with E-state index in [1.807, 2.05) is 60.7 Å². The number of unbranched alkanes of at least 4 members (excludes halogenated alkanes) is 29. The van der Waals surface area contributed by atoms with Crippen LogP contribution in [0.3, 0.4) is 0 Å². The maximum Gasteiger partial charge on any atom is 0.101 e. The average Bonchev–Trinajstić information content (AvgIpc) is 3.24. The number of hydrogen-bond donors (Lipinski definition) is 2. The van der Waals surface area contributed by atoms with Gasteiger partial charge in [0.1, 0.15) is 12.2 Å². The molecule has 58 heavy (non-hydrogen) atoms. The molecule has 0 spiro atoms. The van der Waals surface area contributed by atoms with Crippen molar-refractivity contribution in [3.63, 3.8) is 0 Å². The summed E-state index contributed by atoms with van der Waals surface area (Å²) in [7, 11) is 0. The summed E-state index contributed by atoms with van der Waals surface area (Å²) in [6.07, 6.45) is 40.2. The molecule has 0 fully saturated rings. The summed E-state index contributed by atoms with van der Waals surface area (Å²) in [5.41, 5.74) is 2.25. The SMILES string of the molecule is O[C@H](COCCCCCCCCCCCCCCCCCCCCCCCCCCCCCCCCOC[C@@H](O)COCc1ccccc1)COCc1ccccc1. The van der Waals surface area contributed by atoms with Crippen LogP contribution in [0.4, 0.5) is 0 Å². The first kappa shape index (κ1) is 52.3. The molecule has 0 bridgehead atoms. The minimum Gasteiger partial charge on any atom is -0.388 e. The lowest BCUT2D eigenvalue weighted by Gasteiger charge is -2.12. The highest BCUT2D eigenvalue weighted by atomic mass is 16.5. The van der Waals surface area contributed by atoms with Crippen molar-refractivity contribution >= 4 is 0 Å². The van der Waals surface area contributed by atoms with Gasteiger partial charge in [0.05, 0.1) is 39.6 Å². The number of ether oxygens (including phenoxy) is 4. The van der Waals surface area contributed by atoms with E-state index in [9.17, 15) is 10.2 Å². The van der Waals surface area contributed by atoms with Gasteiger partial charge in [-0.3, -0.25) is 0 Å². The van der Waals surface area contributed by atoms with E-state index in [1.165, 1.54) is 180 Å². The Morgan fingerprint density at radius 2 is 0.483 bits per heavy atom. The van der Waals surface area contributed by atoms with Gasteiger partial charge in [-0.1, -0.05) is 240 Å². The molecule has 2 N–H and O–H groups in total. The molecule has 334 valence electrons. The standard InChI is InChI=1S/C52H90O6/c53-51(47-57-43-49-37-31-29-32-38-49)45-55-41-35-27-25-23-21-19-17-15-13-11-9-7-5-3-1-2-4-6-8-10-12-14-16-18-20-22-24-26-28-36-42-56-46-52(54)48-58-44-50-39-33-30-34-40-50/h29-34,37-40,51-54H,1-28,35-36,41-48H2/t51-,52-/m1/s1. The minimum atomic E-state index is -0.548. The van der Waals surface area contributed by atoms with Crippen molar-refractivity contribution in [2.45, 2.75) is 218 Å². The van der Waals surface area contributed by atoms with E-state index in [-0.39, 0.29) is 0 Å². The summed E-state index contributed by atoms with van der Waals surface area (Å²) in [6.45, 7) is 3.91. The molecule has 0 unspecified atom stereocenters. The summed E-state index contributed by atoms with van der Waals surface area (Å²) in [5, 5.41) is 20.0. The molecular weight excluding hydrogens is 721 g/mol. The summed E-state index contributed by atoms with van der Waals surface area (Å²) >= 11 is 0. The van der Waals surface area contributed by atoms with Crippen molar-refractivity contribution in [1.29, 1.82) is 0 Å². The van der Waals surface area contributed by atoms with E-state index < -0.39 is 12.2 Å². The molecule has 0 aliphatic carbocycles. The van der Waals surface area contributed by atoms with Gasteiger partial charge in [-0.25, -0.2) is 0 Å². The highest BCUT2D eigenvalue weighted by Gasteiger charge is 2.06. The molecule has 2 aromatic carbocycles. The zero-order valence-corrected chi connectivity index (χ0v) is 37.3. The van der Waals surface area contributed by atoms with Crippen LogP contribution >= 0.6 is 0 Å². The Kier molecular flexibility index (Phi) is 37.8. The summed E-state index contributed by atoms with van der Waals surface area (Å²) in [4.78, 5) is 0. The van der Waals surface area contributed by atoms with Gasteiger partial charge in [0.15, 0.2) is 0 Å². The number of aliphatic hydroxyl groups excluding tert-OH is 2. The van der Waals surface area contributed by atoms with Gasteiger partial charge in [-0.15, -0.1) is 0 Å². The quantitative estimate of drug-likeness (QED) is 0.0649. The first-order valence-electron chi connectivity index (χ1n) is 24.5. The number of aliphatic hydroxyl groups is 2. The van der Waals surface area contributed by atoms with Crippen molar-refractivity contribution in [2.75, 3.05) is 39.6 Å². The second kappa shape index (κ2) is 41.9. The molecule has 0 saturated heterocycles. The van der Waals surface area contributed by atoms with Crippen molar-refractivity contribution in [2.24, 2.45) is 0 Å². The Bertz CT molecular complexity index is 983. The molecule has 6 nitrogen and oxygen atoms in total. The summed E-state index contributed by atoms with van der Waals surface area (Å²) < 4.78 is 22.4. The molecule has 0 saturated carbocycles. The van der Waals surface area contributed by atoms with E-state index in [0.29, 0.717) is 39.6 Å². The predicted molar refractivity (Wildman–Crippen MR) is 244 cm³/mol. The molecule has 0 aliphatic heterocycles. The Balaban J connectivity index is 1.13. The van der Waals surface area contributed by atoms with Crippen LogP contribution in [-0.2, 0) is 32.2 Å². The Labute approximate surface area is 357 Å². The fraction of sp³-hybridized carbons (Fsp3) is 0.769. The molecule has 0 amide bonds. The van der Waals surface area contributed by atoms with Crippen LogP contribution in [0, 0.1) is 0 Å². The Hall–Kier alpha value is -1.80. The molecular formula is C52H90O6. The van der Waals surface area contributed by atoms with Crippen molar-refractivity contribution in [1.82, 2.24) is 0 Å². The van der Waals surface area contributed by atoms with Crippen molar-refractivity contribution in [3.8, 4) is 0 Å². The third kappa shape index (κ3) is 36.1. The zero-order valence-electron chi connectivity index (χ0n) is 37.3. The fourth-order valence-electron chi connectivity index (χ4n) is 7.67. The number of hydrogen-bond acceptors (Lipinski definition) is 6. The second-order valence-corrected chi connectivity index (χ2v) is 17.1. The molecule has 2 aromatic rings. The van der Waals surface area contributed by atoms with E-state index in [0.717, 1.165) is 37.2 Å². The van der Waals surface area contributed by atoms with Crippen LogP contribution in [0.5, 0.6) is 0 Å². The lowest BCUT2D eigenvalue weighted by atomic mass is 10.0. The fourth-order valence-corrected chi connectivity index (χ4v) is 7.67. The monoisotopic (exact) mass is 811 g/mol. The first-order chi connectivity index (χ1) is 28.7. The van der Waals surface area contributed by atoms with Crippen molar-refractivity contribution in [3.05, 3.63) is 71.8 Å². The van der Waals surface area contributed by atoms with Crippen LogP contribution in [0.2, 0.25) is 0 Å². The van der Waals surface area contributed by atoms with Gasteiger partial charge in [0.2, 0.25) is 0 Å². The zero-order chi connectivity index (χ0) is 41.1. The van der Waals surface area contributed by atoms with E-state index in [4.69, 9.17) is 18.9 Å². The molecule has 0 heterocycles. The van der Waals surface area contributed by atoms with Crippen molar-refractivity contribution < 1.29 is 29.2 Å². The third-order valence-corrected chi connectivity index (χ3v) is 11.3. The average molecular weight is 811 g/mol. The third-order valence-electron chi connectivity index (χ3n) is 11.3. The minimum absolute atomic E-state index is 0.322. The Morgan fingerprint density at radius 1 is 0.276 bits per heavy atom. The predicted octanol–water partition coefficient (Wildman–Crippen LogP) is 13.9. The smallest absolute Gasteiger partial charge is 0.101 e. The molecule has 0 radical (unpaired) electrons. The highest BCUT2D eigenvalue weighted by Crippen LogP contribution is 2.17. The van der Waals surface area contributed by atoms with Gasteiger partial charge in [-0.2, -0.15) is 0 Å². The van der Waals surface area contributed by atoms with Crippen LogP contribution < -0.4 is 0 Å². The largest absolute Gasteiger partial charge is 0.388 e. The first-order valence-corrected chi connectivity index (χ1v) is 24.5. The van der Waals surface area contributed by atoms with Crippen LogP contribution in [0.25, 0.3) is 0 Å². The van der Waals surface area contributed by atoms with Gasteiger partial charge in [-0.05, 0) is 24.0 Å². The summed E-state index contributed by atoms with van der Waals surface area (Å²) in [5.74, 6) is 0. The normalized spacial score (nSPS) is 12.7. The summed E-state index contributed by atoms with van der Waals surface area (Å²) in [6, 6.07) is 20.1. The highest BCUT2D eigenvalue weighted by molar-refractivity contribution is 5.14. The van der Waals surface area contributed by atoms with Gasteiger partial charge in [0.25, 0.3) is 0 Å². The molecule has 6 heteroatoms. The van der Waals surface area contributed by atoms with E-state index >= 15 is 0 Å². The second-order valence-electron chi connectivity index (χ2n) is 17.1. The molecule has 2 atom stereocenters. The maximum atomic E-state index is 10.0.